The van der Waals surface area contributed by atoms with E-state index >= 15 is 0 Å². The third-order valence-electron chi connectivity index (χ3n) is 2.56. The summed E-state index contributed by atoms with van der Waals surface area (Å²) in [5.41, 5.74) is 6.45. The molecule has 100 valence electrons. The molecule has 0 radical (unpaired) electrons. The lowest BCUT2D eigenvalue weighted by Gasteiger charge is -2.11. The average Bonchev–Trinajstić information content (AvgIpc) is 2.39. The Bertz CT molecular complexity index is 592. The van der Waals surface area contributed by atoms with Crippen molar-refractivity contribution in [3.05, 3.63) is 40.9 Å². The van der Waals surface area contributed by atoms with Gasteiger partial charge >= 0.3 is 0 Å². The van der Waals surface area contributed by atoms with E-state index in [2.05, 4.69) is 9.97 Å². The van der Waals surface area contributed by atoms with E-state index in [0.29, 0.717) is 17.8 Å². The average molecular weight is 282 g/mol. The summed E-state index contributed by atoms with van der Waals surface area (Å²) < 4.78 is 19.2. The van der Waals surface area contributed by atoms with Crippen LogP contribution in [0, 0.1) is 5.82 Å². The second-order valence-electron chi connectivity index (χ2n) is 3.95. The molecule has 2 rings (SSSR count). The van der Waals surface area contributed by atoms with E-state index in [1.165, 1.54) is 18.5 Å². The van der Waals surface area contributed by atoms with Crippen LogP contribution in [0.4, 0.5) is 10.2 Å². The topological polar surface area (TPSA) is 61.0 Å². The largest absolute Gasteiger partial charge is 0.435 e. The van der Waals surface area contributed by atoms with E-state index in [0.717, 1.165) is 6.42 Å². The predicted molar refractivity (Wildman–Crippen MR) is 71.9 cm³/mol. The van der Waals surface area contributed by atoms with E-state index < -0.39 is 5.82 Å². The van der Waals surface area contributed by atoms with Gasteiger partial charge in [0.2, 0.25) is 5.88 Å². The van der Waals surface area contributed by atoms with Crippen molar-refractivity contribution in [3.63, 3.8) is 0 Å². The van der Waals surface area contributed by atoms with E-state index in [1.807, 2.05) is 6.92 Å². The summed E-state index contributed by atoms with van der Waals surface area (Å²) in [6, 6.07) is 4.53. The molecule has 0 aliphatic rings. The Hall–Kier alpha value is -1.88. The summed E-state index contributed by atoms with van der Waals surface area (Å²) in [5.74, 6) is -0.00319. The van der Waals surface area contributed by atoms with Gasteiger partial charge in [0.1, 0.15) is 12.1 Å². The third kappa shape index (κ3) is 2.93. The summed E-state index contributed by atoms with van der Waals surface area (Å²) in [6.07, 6.45) is 2.79. The molecule has 0 bridgehead atoms. The smallest absolute Gasteiger partial charge is 0.227 e. The minimum atomic E-state index is -0.621. The molecule has 0 spiro atoms. The maximum absolute atomic E-state index is 13.8. The van der Waals surface area contributed by atoms with Gasteiger partial charge in [-0.1, -0.05) is 31.0 Å². The molecular formula is C13H13ClFN3O. The molecule has 6 heteroatoms. The van der Waals surface area contributed by atoms with Crippen LogP contribution in [0.25, 0.3) is 0 Å². The highest BCUT2D eigenvalue weighted by Gasteiger charge is 2.14. The van der Waals surface area contributed by atoms with Crippen molar-refractivity contribution < 1.29 is 9.13 Å². The van der Waals surface area contributed by atoms with Crippen LogP contribution in [0.3, 0.4) is 0 Å². The Morgan fingerprint density at radius 1 is 1.37 bits per heavy atom. The molecule has 2 N–H and O–H groups in total. The molecule has 4 nitrogen and oxygen atoms in total. The summed E-state index contributed by atoms with van der Waals surface area (Å²) in [4.78, 5) is 7.91. The Balaban J connectivity index is 2.38. The Morgan fingerprint density at radius 2 is 2.16 bits per heavy atom. The van der Waals surface area contributed by atoms with Crippen molar-refractivity contribution in [3.8, 4) is 11.6 Å². The maximum atomic E-state index is 13.8. The molecule has 2 aromatic rings. The number of anilines is 1. The second-order valence-corrected chi connectivity index (χ2v) is 4.35. The van der Waals surface area contributed by atoms with E-state index in [1.54, 1.807) is 6.07 Å². The highest BCUT2D eigenvalue weighted by atomic mass is 35.5. The van der Waals surface area contributed by atoms with Crippen molar-refractivity contribution in [2.75, 3.05) is 5.73 Å². The molecule has 0 fully saturated rings. The van der Waals surface area contributed by atoms with Crippen molar-refractivity contribution in [2.45, 2.75) is 19.8 Å². The van der Waals surface area contributed by atoms with Crippen LogP contribution in [0.1, 0.15) is 18.9 Å². The van der Waals surface area contributed by atoms with Crippen LogP contribution in [0.2, 0.25) is 5.02 Å². The van der Waals surface area contributed by atoms with Gasteiger partial charge in [-0.3, -0.25) is 0 Å². The van der Waals surface area contributed by atoms with Gasteiger partial charge in [0.25, 0.3) is 0 Å². The SMILES string of the molecule is CCCc1c(N)ncnc1Oc1cccc(Cl)c1F. The number of nitrogens with zero attached hydrogens (tertiary/aromatic N) is 2. The lowest BCUT2D eigenvalue weighted by Crippen LogP contribution is -2.03. The molecule has 0 unspecified atom stereocenters. The van der Waals surface area contributed by atoms with Gasteiger partial charge in [-0.2, -0.15) is 0 Å². The fourth-order valence-electron chi connectivity index (χ4n) is 1.65. The van der Waals surface area contributed by atoms with Crippen LogP contribution in [0.5, 0.6) is 11.6 Å². The van der Waals surface area contributed by atoms with Gasteiger partial charge < -0.3 is 10.5 Å². The molecule has 1 aromatic carbocycles. The van der Waals surface area contributed by atoms with Crippen molar-refractivity contribution in [1.82, 2.24) is 9.97 Å². The summed E-state index contributed by atoms with van der Waals surface area (Å²) >= 11 is 5.70. The summed E-state index contributed by atoms with van der Waals surface area (Å²) in [6.45, 7) is 2.00. The van der Waals surface area contributed by atoms with Gasteiger partial charge in [0, 0.05) is 0 Å². The lowest BCUT2D eigenvalue weighted by atomic mass is 10.2. The number of rotatable bonds is 4. The molecule has 0 aliphatic heterocycles. The first-order valence-corrected chi connectivity index (χ1v) is 6.22. The van der Waals surface area contributed by atoms with Crippen molar-refractivity contribution in [2.24, 2.45) is 0 Å². The van der Waals surface area contributed by atoms with Crippen LogP contribution in [0.15, 0.2) is 24.5 Å². The number of hydrogen-bond acceptors (Lipinski definition) is 4. The predicted octanol–water partition coefficient (Wildman–Crippen LogP) is 3.60. The minimum Gasteiger partial charge on any atom is -0.435 e. The lowest BCUT2D eigenvalue weighted by molar-refractivity contribution is 0.421. The first kappa shape index (κ1) is 13.5. The number of benzene rings is 1. The summed E-state index contributed by atoms with van der Waals surface area (Å²) in [5, 5.41) is -0.00318. The Morgan fingerprint density at radius 3 is 2.89 bits per heavy atom. The fraction of sp³-hybridized carbons (Fsp3) is 0.231. The molecule has 19 heavy (non-hydrogen) atoms. The molecule has 1 aromatic heterocycles. The highest BCUT2D eigenvalue weighted by molar-refractivity contribution is 6.30. The van der Waals surface area contributed by atoms with Gasteiger partial charge in [0.15, 0.2) is 11.6 Å². The summed E-state index contributed by atoms with van der Waals surface area (Å²) in [7, 11) is 0. The van der Waals surface area contributed by atoms with Crippen molar-refractivity contribution in [1.29, 1.82) is 0 Å². The van der Waals surface area contributed by atoms with Crippen molar-refractivity contribution >= 4 is 17.4 Å². The standard InChI is InChI=1S/C13H13ClFN3O/c1-2-4-8-12(16)17-7-18-13(8)19-10-6-3-5-9(14)11(10)15/h3,5-7H,2,4H2,1H3,(H2,16,17,18). The molecule has 0 atom stereocenters. The molecule has 0 saturated heterocycles. The molecule has 1 heterocycles. The monoisotopic (exact) mass is 281 g/mol. The zero-order valence-corrected chi connectivity index (χ0v) is 11.1. The molecule has 0 aliphatic carbocycles. The number of nitrogens with two attached hydrogens (primary N) is 1. The fourth-order valence-corrected chi connectivity index (χ4v) is 1.81. The number of nitrogen functional groups attached to an aromatic ring is 1. The van der Waals surface area contributed by atoms with Gasteiger partial charge in [-0.15, -0.1) is 0 Å². The van der Waals surface area contributed by atoms with Gasteiger partial charge in [-0.25, -0.2) is 14.4 Å². The second kappa shape index (κ2) is 5.84. The van der Waals surface area contributed by atoms with Crippen LogP contribution < -0.4 is 10.5 Å². The normalized spacial score (nSPS) is 10.5. The first-order chi connectivity index (χ1) is 9.13. The van der Waals surface area contributed by atoms with Crippen LogP contribution in [-0.2, 0) is 6.42 Å². The quantitative estimate of drug-likeness (QED) is 0.930. The van der Waals surface area contributed by atoms with Gasteiger partial charge in [-0.05, 0) is 18.6 Å². The number of ether oxygens (including phenoxy) is 1. The van der Waals surface area contributed by atoms with E-state index in [4.69, 9.17) is 22.1 Å². The molecule has 0 saturated carbocycles. The Labute approximate surface area is 115 Å². The minimum absolute atomic E-state index is 0.00318. The van der Waals surface area contributed by atoms with Crippen LogP contribution >= 0.6 is 11.6 Å². The Kier molecular flexibility index (Phi) is 4.16. The highest BCUT2D eigenvalue weighted by Crippen LogP contribution is 2.31. The van der Waals surface area contributed by atoms with E-state index in [9.17, 15) is 4.39 Å². The molecular weight excluding hydrogens is 269 g/mol. The number of halogens is 2. The number of aromatic nitrogens is 2. The molecule has 0 amide bonds. The van der Waals surface area contributed by atoms with Gasteiger partial charge in [0.05, 0.1) is 10.6 Å². The first-order valence-electron chi connectivity index (χ1n) is 5.84. The van der Waals surface area contributed by atoms with Crippen LogP contribution in [-0.4, -0.2) is 9.97 Å². The van der Waals surface area contributed by atoms with E-state index in [-0.39, 0.29) is 16.7 Å². The number of hydrogen-bond donors (Lipinski definition) is 1. The zero-order valence-electron chi connectivity index (χ0n) is 10.4. The maximum Gasteiger partial charge on any atom is 0.227 e. The zero-order chi connectivity index (χ0) is 13.8. The third-order valence-corrected chi connectivity index (χ3v) is 2.85.